The molecule has 0 atom stereocenters. The number of rotatable bonds is 3. The average Bonchev–Trinajstić information content (AvgIpc) is 2.04. The van der Waals surface area contributed by atoms with Crippen LogP contribution in [0.3, 0.4) is 0 Å². The van der Waals surface area contributed by atoms with Crippen LogP contribution in [-0.4, -0.2) is 16.7 Å². The molecule has 0 aliphatic heterocycles. The van der Waals surface area contributed by atoms with Crippen molar-refractivity contribution in [3.05, 3.63) is 29.8 Å². The van der Waals surface area contributed by atoms with E-state index >= 15 is 0 Å². The van der Waals surface area contributed by atoms with E-state index in [9.17, 15) is 4.39 Å². The summed E-state index contributed by atoms with van der Waals surface area (Å²) in [6.07, 6.45) is 2.57. The number of aliphatic hydroxyl groups excluding tert-OH is 1. The number of hydrogen-bond donors (Lipinski definition) is 1. The van der Waals surface area contributed by atoms with Crippen molar-refractivity contribution in [2.45, 2.75) is 12.8 Å². The molecule has 2 nitrogen and oxygen atoms in total. The fraction of sp³-hybridized carbons (Fsp3) is 0.375. The number of aliphatic hydroxyl groups is 1. The summed E-state index contributed by atoms with van der Waals surface area (Å²) in [6, 6.07) is 3.00. The summed E-state index contributed by atoms with van der Waals surface area (Å²) in [4.78, 5) is 3.83. The van der Waals surface area contributed by atoms with Gasteiger partial charge in [0.1, 0.15) is 5.82 Å². The minimum atomic E-state index is -0.322. The highest BCUT2D eigenvalue weighted by atomic mass is 19.1. The highest BCUT2D eigenvalue weighted by Crippen LogP contribution is 2.00. The Hall–Kier alpha value is -0.960. The molecule has 1 rings (SSSR count). The van der Waals surface area contributed by atoms with Crippen LogP contribution in [0.4, 0.5) is 4.39 Å². The first-order valence-corrected chi connectivity index (χ1v) is 3.54. The molecule has 0 bridgehead atoms. The number of nitrogens with zero attached hydrogens (tertiary/aromatic N) is 1. The normalized spacial score (nSPS) is 10.0. The molecule has 1 N–H and O–H groups in total. The molecule has 0 aliphatic rings. The molecule has 0 saturated carbocycles. The summed E-state index contributed by atoms with van der Waals surface area (Å²) in [6.45, 7) is 0.152. The SMILES string of the molecule is OCCCc1ccc(F)cn1. The zero-order valence-corrected chi connectivity index (χ0v) is 6.13. The van der Waals surface area contributed by atoms with Gasteiger partial charge in [-0.25, -0.2) is 4.39 Å². The van der Waals surface area contributed by atoms with Gasteiger partial charge >= 0.3 is 0 Å². The fourth-order valence-corrected chi connectivity index (χ4v) is 0.815. The van der Waals surface area contributed by atoms with E-state index in [1.165, 1.54) is 12.3 Å². The second-order valence-electron chi connectivity index (χ2n) is 2.29. The Labute approximate surface area is 64.7 Å². The average molecular weight is 155 g/mol. The van der Waals surface area contributed by atoms with E-state index in [0.717, 1.165) is 5.69 Å². The molecule has 0 aliphatic carbocycles. The van der Waals surface area contributed by atoms with Gasteiger partial charge in [-0.05, 0) is 25.0 Å². The van der Waals surface area contributed by atoms with E-state index in [-0.39, 0.29) is 12.4 Å². The van der Waals surface area contributed by atoms with Crippen molar-refractivity contribution in [1.82, 2.24) is 4.98 Å². The highest BCUT2D eigenvalue weighted by molar-refractivity contribution is 5.05. The summed E-state index contributed by atoms with van der Waals surface area (Å²) in [7, 11) is 0. The summed E-state index contributed by atoms with van der Waals surface area (Å²) in [5.74, 6) is -0.322. The van der Waals surface area contributed by atoms with Gasteiger partial charge in [0.05, 0.1) is 6.20 Å². The molecule has 3 heteroatoms. The van der Waals surface area contributed by atoms with Crippen LogP contribution < -0.4 is 0 Å². The smallest absolute Gasteiger partial charge is 0.141 e. The molecule has 0 spiro atoms. The Morgan fingerprint density at radius 3 is 2.82 bits per heavy atom. The molecule has 1 aromatic rings. The van der Waals surface area contributed by atoms with Crippen LogP contribution in [0, 0.1) is 5.82 Å². The van der Waals surface area contributed by atoms with Gasteiger partial charge in [-0.2, -0.15) is 0 Å². The quantitative estimate of drug-likeness (QED) is 0.710. The Morgan fingerprint density at radius 1 is 1.45 bits per heavy atom. The van der Waals surface area contributed by atoms with Crippen molar-refractivity contribution in [1.29, 1.82) is 0 Å². The lowest BCUT2D eigenvalue weighted by Crippen LogP contribution is -1.92. The van der Waals surface area contributed by atoms with E-state index in [4.69, 9.17) is 5.11 Å². The second-order valence-corrected chi connectivity index (χ2v) is 2.29. The number of hydrogen-bond acceptors (Lipinski definition) is 2. The molecular formula is C8H10FNO. The molecular weight excluding hydrogens is 145 g/mol. The van der Waals surface area contributed by atoms with E-state index in [1.54, 1.807) is 6.07 Å². The van der Waals surface area contributed by atoms with E-state index in [1.807, 2.05) is 0 Å². The number of aromatic nitrogens is 1. The molecule has 0 unspecified atom stereocenters. The molecule has 0 saturated heterocycles. The zero-order chi connectivity index (χ0) is 8.10. The maximum Gasteiger partial charge on any atom is 0.141 e. The predicted octanol–water partition coefficient (Wildman–Crippen LogP) is 1.15. The molecule has 0 amide bonds. The molecule has 11 heavy (non-hydrogen) atoms. The van der Waals surface area contributed by atoms with Gasteiger partial charge in [0.2, 0.25) is 0 Å². The molecule has 0 fully saturated rings. The first-order chi connectivity index (χ1) is 5.33. The number of halogens is 1. The topological polar surface area (TPSA) is 33.1 Å². The van der Waals surface area contributed by atoms with Crippen molar-refractivity contribution >= 4 is 0 Å². The lowest BCUT2D eigenvalue weighted by atomic mass is 10.2. The van der Waals surface area contributed by atoms with Crippen LogP contribution >= 0.6 is 0 Å². The Morgan fingerprint density at radius 2 is 2.27 bits per heavy atom. The van der Waals surface area contributed by atoms with Gasteiger partial charge in [-0.1, -0.05) is 0 Å². The molecule has 0 radical (unpaired) electrons. The highest BCUT2D eigenvalue weighted by Gasteiger charge is 1.93. The summed E-state index contributed by atoms with van der Waals surface area (Å²) >= 11 is 0. The Kier molecular flexibility index (Phi) is 2.98. The maximum absolute atomic E-state index is 12.3. The van der Waals surface area contributed by atoms with Gasteiger partial charge in [-0.3, -0.25) is 4.98 Å². The second kappa shape index (κ2) is 4.03. The number of aryl methyl sites for hydroxylation is 1. The lowest BCUT2D eigenvalue weighted by Gasteiger charge is -1.96. The predicted molar refractivity (Wildman–Crippen MR) is 39.6 cm³/mol. The zero-order valence-electron chi connectivity index (χ0n) is 6.13. The van der Waals surface area contributed by atoms with Crippen molar-refractivity contribution in [3.63, 3.8) is 0 Å². The Bertz CT molecular complexity index is 210. The molecule has 0 aromatic carbocycles. The molecule has 60 valence electrons. The van der Waals surface area contributed by atoms with Crippen LogP contribution in [0.5, 0.6) is 0 Å². The van der Waals surface area contributed by atoms with Crippen molar-refractivity contribution < 1.29 is 9.50 Å². The monoisotopic (exact) mass is 155 g/mol. The van der Waals surface area contributed by atoms with Crippen LogP contribution in [0.15, 0.2) is 18.3 Å². The van der Waals surface area contributed by atoms with Crippen molar-refractivity contribution in [3.8, 4) is 0 Å². The van der Waals surface area contributed by atoms with Gasteiger partial charge < -0.3 is 5.11 Å². The van der Waals surface area contributed by atoms with Gasteiger partial charge in [0.15, 0.2) is 0 Å². The summed E-state index contributed by atoms with van der Waals surface area (Å²) in [5, 5.41) is 8.48. The van der Waals surface area contributed by atoms with Crippen LogP contribution in [-0.2, 0) is 6.42 Å². The maximum atomic E-state index is 12.3. The summed E-state index contributed by atoms with van der Waals surface area (Å²) in [5.41, 5.74) is 0.820. The van der Waals surface area contributed by atoms with Crippen LogP contribution in [0.1, 0.15) is 12.1 Å². The lowest BCUT2D eigenvalue weighted by molar-refractivity contribution is 0.288. The van der Waals surface area contributed by atoms with Crippen LogP contribution in [0.2, 0.25) is 0 Å². The molecule has 1 aromatic heterocycles. The van der Waals surface area contributed by atoms with Crippen molar-refractivity contribution in [2.75, 3.05) is 6.61 Å². The van der Waals surface area contributed by atoms with E-state index in [2.05, 4.69) is 4.98 Å². The molecule has 1 heterocycles. The van der Waals surface area contributed by atoms with Gasteiger partial charge in [-0.15, -0.1) is 0 Å². The first kappa shape index (κ1) is 8.14. The third-order valence-electron chi connectivity index (χ3n) is 1.38. The van der Waals surface area contributed by atoms with Crippen LogP contribution in [0.25, 0.3) is 0 Å². The minimum Gasteiger partial charge on any atom is -0.396 e. The van der Waals surface area contributed by atoms with Gasteiger partial charge in [0, 0.05) is 12.3 Å². The standard InChI is InChI=1S/C8H10FNO/c9-7-3-4-8(10-6-7)2-1-5-11/h3-4,6,11H,1-2,5H2. The van der Waals surface area contributed by atoms with E-state index in [0.29, 0.717) is 12.8 Å². The Balaban J connectivity index is 2.52. The number of pyridine rings is 1. The largest absolute Gasteiger partial charge is 0.396 e. The van der Waals surface area contributed by atoms with Crippen molar-refractivity contribution in [2.24, 2.45) is 0 Å². The van der Waals surface area contributed by atoms with E-state index < -0.39 is 0 Å². The third kappa shape index (κ3) is 2.63. The third-order valence-corrected chi connectivity index (χ3v) is 1.38. The summed E-state index contributed by atoms with van der Waals surface area (Å²) < 4.78 is 12.3. The first-order valence-electron chi connectivity index (χ1n) is 3.54. The minimum absolute atomic E-state index is 0.152. The van der Waals surface area contributed by atoms with Gasteiger partial charge in [0.25, 0.3) is 0 Å². The fourth-order valence-electron chi connectivity index (χ4n) is 0.815.